The number of imidazole rings is 1. The normalized spacial score (nSPS) is 16.7. The Morgan fingerprint density at radius 2 is 2.04 bits per heavy atom. The SMILES string of the molecule is CNC(=O)c1[nH]c(C2CCCN(C(=O)COC)C2)nc1-c1ccc(OC)cc1. The second-order valence-electron chi connectivity index (χ2n) is 6.77. The van der Waals surface area contributed by atoms with Crippen LogP contribution in [0, 0.1) is 0 Å². The van der Waals surface area contributed by atoms with E-state index in [9.17, 15) is 9.59 Å². The van der Waals surface area contributed by atoms with Crippen molar-refractivity contribution in [3.63, 3.8) is 0 Å². The van der Waals surface area contributed by atoms with Crippen LogP contribution in [-0.2, 0) is 9.53 Å². The maximum Gasteiger partial charge on any atom is 0.269 e. The molecule has 28 heavy (non-hydrogen) atoms. The number of carbonyl (C=O) groups is 2. The number of nitrogens with one attached hydrogen (secondary N) is 2. The summed E-state index contributed by atoms with van der Waals surface area (Å²) in [5, 5.41) is 2.66. The number of ether oxygens (including phenoxy) is 2. The molecular formula is C20H26N4O4. The van der Waals surface area contributed by atoms with Crippen molar-refractivity contribution in [2.24, 2.45) is 0 Å². The Hall–Kier alpha value is -2.87. The number of aromatic amines is 1. The quantitative estimate of drug-likeness (QED) is 0.789. The summed E-state index contributed by atoms with van der Waals surface area (Å²) in [5.74, 6) is 1.25. The number of amides is 2. The minimum Gasteiger partial charge on any atom is -0.497 e. The minimum absolute atomic E-state index is 0.0272. The molecule has 0 spiro atoms. The highest BCUT2D eigenvalue weighted by Crippen LogP contribution is 2.30. The lowest BCUT2D eigenvalue weighted by Crippen LogP contribution is -2.41. The van der Waals surface area contributed by atoms with Crippen molar-refractivity contribution in [2.45, 2.75) is 18.8 Å². The Morgan fingerprint density at radius 1 is 1.29 bits per heavy atom. The second kappa shape index (κ2) is 8.88. The Morgan fingerprint density at radius 3 is 2.68 bits per heavy atom. The summed E-state index contributed by atoms with van der Waals surface area (Å²) in [6.07, 6.45) is 1.79. The summed E-state index contributed by atoms with van der Waals surface area (Å²) >= 11 is 0. The highest BCUT2D eigenvalue weighted by molar-refractivity contribution is 5.98. The summed E-state index contributed by atoms with van der Waals surface area (Å²) in [4.78, 5) is 34.3. The third-order valence-corrected chi connectivity index (χ3v) is 4.97. The molecule has 1 aliphatic rings. The molecule has 0 aliphatic carbocycles. The molecule has 150 valence electrons. The fourth-order valence-corrected chi connectivity index (χ4v) is 3.47. The molecule has 2 N–H and O–H groups in total. The molecule has 1 fully saturated rings. The van der Waals surface area contributed by atoms with E-state index in [1.54, 1.807) is 19.1 Å². The van der Waals surface area contributed by atoms with Crippen LogP contribution in [0.1, 0.15) is 35.1 Å². The van der Waals surface area contributed by atoms with Gasteiger partial charge in [-0.15, -0.1) is 0 Å². The highest BCUT2D eigenvalue weighted by Gasteiger charge is 2.28. The summed E-state index contributed by atoms with van der Waals surface area (Å²) in [7, 11) is 4.71. The molecule has 2 aromatic rings. The van der Waals surface area contributed by atoms with Gasteiger partial charge >= 0.3 is 0 Å². The monoisotopic (exact) mass is 386 g/mol. The van der Waals surface area contributed by atoms with Gasteiger partial charge in [0.25, 0.3) is 5.91 Å². The largest absolute Gasteiger partial charge is 0.497 e. The van der Waals surface area contributed by atoms with E-state index in [-0.39, 0.29) is 24.3 Å². The Kier molecular flexibility index (Phi) is 6.30. The van der Waals surface area contributed by atoms with Crippen molar-refractivity contribution in [3.05, 3.63) is 35.8 Å². The Balaban J connectivity index is 1.90. The van der Waals surface area contributed by atoms with Crippen LogP contribution in [0.3, 0.4) is 0 Å². The molecule has 2 amide bonds. The molecule has 0 radical (unpaired) electrons. The fraction of sp³-hybridized carbons (Fsp3) is 0.450. The van der Waals surface area contributed by atoms with E-state index in [1.807, 2.05) is 24.3 Å². The van der Waals surface area contributed by atoms with E-state index in [0.717, 1.165) is 30.0 Å². The number of carbonyl (C=O) groups excluding carboxylic acids is 2. The van der Waals surface area contributed by atoms with Gasteiger partial charge in [0.1, 0.15) is 29.6 Å². The molecule has 1 saturated heterocycles. The zero-order chi connectivity index (χ0) is 20.1. The van der Waals surface area contributed by atoms with E-state index in [1.165, 1.54) is 7.11 Å². The predicted molar refractivity (Wildman–Crippen MR) is 104 cm³/mol. The first kappa shape index (κ1) is 19.9. The van der Waals surface area contributed by atoms with Crippen LogP contribution in [-0.4, -0.2) is 67.6 Å². The molecule has 0 bridgehead atoms. The number of nitrogens with zero attached hydrogens (tertiary/aromatic N) is 2. The van der Waals surface area contributed by atoms with E-state index < -0.39 is 0 Å². The first-order valence-electron chi connectivity index (χ1n) is 9.30. The average Bonchev–Trinajstić information content (AvgIpc) is 3.19. The lowest BCUT2D eigenvalue weighted by molar-refractivity contribution is -0.136. The van der Waals surface area contributed by atoms with Crippen molar-refractivity contribution in [3.8, 4) is 17.0 Å². The number of hydrogen-bond acceptors (Lipinski definition) is 5. The van der Waals surface area contributed by atoms with Crippen LogP contribution in [0.5, 0.6) is 5.75 Å². The van der Waals surface area contributed by atoms with E-state index in [2.05, 4.69) is 10.3 Å². The highest BCUT2D eigenvalue weighted by atomic mass is 16.5. The molecule has 1 aromatic carbocycles. The van der Waals surface area contributed by atoms with Gasteiger partial charge in [-0.05, 0) is 37.1 Å². The third-order valence-electron chi connectivity index (χ3n) is 4.97. The molecule has 8 heteroatoms. The van der Waals surface area contributed by atoms with E-state index >= 15 is 0 Å². The van der Waals surface area contributed by atoms with Gasteiger partial charge in [0.05, 0.1) is 7.11 Å². The standard InChI is InChI=1S/C20H26N4O4/c1-21-20(26)18-17(13-6-8-15(28-3)9-7-13)22-19(23-18)14-5-4-10-24(11-14)16(25)12-27-2/h6-9,14H,4-5,10-12H2,1-3H3,(H,21,26)(H,22,23). The van der Waals surface area contributed by atoms with E-state index in [4.69, 9.17) is 14.5 Å². The Bertz CT molecular complexity index is 831. The lowest BCUT2D eigenvalue weighted by atomic mass is 9.97. The number of H-pyrrole nitrogens is 1. The summed E-state index contributed by atoms with van der Waals surface area (Å²) in [6.45, 7) is 1.35. The van der Waals surface area contributed by atoms with E-state index in [0.29, 0.717) is 24.5 Å². The molecule has 1 unspecified atom stereocenters. The smallest absolute Gasteiger partial charge is 0.269 e. The molecular weight excluding hydrogens is 360 g/mol. The number of rotatable bonds is 6. The zero-order valence-electron chi connectivity index (χ0n) is 16.4. The molecule has 1 aromatic heterocycles. The average molecular weight is 386 g/mol. The fourth-order valence-electron chi connectivity index (χ4n) is 3.47. The van der Waals surface area contributed by atoms with Crippen molar-refractivity contribution < 1.29 is 19.1 Å². The van der Waals surface area contributed by atoms with Gasteiger partial charge in [-0.25, -0.2) is 4.98 Å². The summed E-state index contributed by atoms with van der Waals surface area (Å²) in [5.41, 5.74) is 1.84. The first-order chi connectivity index (χ1) is 13.6. The molecule has 1 atom stereocenters. The number of piperidine rings is 1. The van der Waals surface area contributed by atoms with Gasteiger partial charge in [0.2, 0.25) is 5.91 Å². The van der Waals surface area contributed by atoms with Gasteiger partial charge < -0.3 is 24.7 Å². The van der Waals surface area contributed by atoms with Crippen molar-refractivity contribution in [1.82, 2.24) is 20.2 Å². The molecule has 0 saturated carbocycles. The molecule has 3 rings (SSSR count). The van der Waals surface area contributed by atoms with Gasteiger partial charge in [-0.1, -0.05) is 0 Å². The topological polar surface area (TPSA) is 96.6 Å². The van der Waals surface area contributed by atoms with Gasteiger partial charge in [0.15, 0.2) is 0 Å². The number of likely N-dealkylation sites (tertiary alicyclic amines) is 1. The minimum atomic E-state index is -0.229. The van der Waals surface area contributed by atoms with Crippen molar-refractivity contribution in [2.75, 3.05) is 41.0 Å². The lowest BCUT2D eigenvalue weighted by Gasteiger charge is -2.31. The van der Waals surface area contributed by atoms with Crippen LogP contribution in [0.4, 0.5) is 0 Å². The first-order valence-corrected chi connectivity index (χ1v) is 9.30. The van der Waals surface area contributed by atoms with Gasteiger partial charge in [0, 0.05) is 38.7 Å². The van der Waals surface area contributed by atoms with Crippen LogP contribution in [0.2, 0.25) is 0 Å². The third kappa shape index (κ3) is 4.17. The maximum absolute atomic E-state index is 12.4. The molecule has 1 aliphatic heterocycles. The molecule has 8 nitrogen and oxygen atoms in total. The summed E-state index contributed by atoms with van der Waals surface area (Å²) < 4.78 is 10.2. The van der Waals surface area contributed by atoms with Gasteiger partial charge in [-0.3, -0.25) is 9.59 Å². The van der Waals surface area contributed by atoms with Crippen LogP contribution in [0.25, 0.3) is 11.3 Å². The maximum atomic E-state index is 12.4. The van der Waals surface area contributed by atoms with Gasteiger partial charge in [-0.2, -0.15) is 0 Å². The number of hydrogen-bond donors (Lipinski definition) is 2. The number of methoxy groups -OCH3 is 2. The Labute approximate surface area is 164 Å². The van der Waals surface area contributed by atoms with Crippen molar-refractivity contribution >= 4 is 11.8 Å². The number of benzene rings is 1. The van der Waals surface area contributed by atoms with Crippen molar-refractivity contribution in [1.29, 1.82) is 0 Å². The molecule has 2 heterocycles. The van der Waals surface area contributed by atoms with Crippen LogP contribution in [0.15, 0.2) is 24.3 Å². The zero-order valence-corrected chi connectivity index (χ0v) is 16.4. The summed E-state index contributed by atoms with van der Waals surface area (Å²) in [6, 6.07) is 7.42. The van der Waals surface area contributed by atoms with Crippen LogP contribution >= 0.6 is 0 Å². The predicted octanol–water partition coefficient (Wildman–Crippen LogP) is 1.80. The number of aromatic nitrogens is 2. The van der Waals surface area contributed by atoms with Crippen LogP contribution < -0.4 is 10.1 Å². The second-order valence-corrected chi connectivity index (χ2v) is 6.77.